The maximum Gasteiger partial charge on any atom is 0.350 e. The van der Waals surface area contributed by atoms with Crippen LogP contribution in [0.5, 0.6) is 11.5 Å². The highest BCUT2D eigenvalue weighted by Crippen LogP contribution is 2.56. The number of rotatable bonds is 5. The summed E-state index contributed by atoms with van der Waals surface area (Å²) >= 11 is 0. The SMILES string of the molecule is CCCC1Cc2ccc(O)cc2OC1(C(=O)OC)C1CC1C(=O)OC. The second kappa shape index (κ2) is 6.58. The lowest BCUT2D eigenvalue weighted by atomic mass is 9.74. The van der Waals surface area contributed by atoms with Gasteiger partial charge in [-0.25, -0.2) is 4.79 Å². The molecule has 0 aromatic heterocycles. The first-order valence-corrected chi connectivity index (χ1v) is 8.65. The van der Waals surface area contributed by atoms with Gasteiger partial charge in [0.2, 0.25) is 5.60 Å². The van der Waals surface area contributed by atoms with Gasteiger partial charge in [0.15, 0.2) is 0 Å². The Labute approximate surface area is 147 Å². The molecule has 2 aliphatic rings. The molecule has 136 valence electrons. The first-order chi connectivity index (χ1) is 12.0. The maximum absolute atomic E-state index is 12.8. The molecule has 1 aliphatic heterocycles. The van der Waals surface area contributed by atoms with Gasteiger partial charge in [0.1, 0.15) is 11.5 Å². The smallest absolute Gasteiger partial charge is 0.350 e. The quantitative estimate of drug-likeness (QED) is 0.823. The number of methoxy groups -OCH3 is 2. The summed E-state index contributed by atoms with van der Waals surface area (Å²) in [7, 11) is 2.69. The highest BCUT2D eigenvalue weighted by atomic mass is 16.6. The molecule has 3 rings (SSSR count). The van der Waals surface area contributed by atoms with Gasteiger partial charge in [-0.05, 0) is 30.9 Å². The van der Waals surface area contributed by atoms with Crippen LogP contribution in [-0.2, 0) is 25.5 Å². The molecule has 1 aromatic rings. The van der Waals surface area contributed by atoms with Crippen molar-refractivity contribution in [2.24, 2.45) is 17.8 Å². The summed E-state index contributed by atoms with van der Waals surface area (Å²) in [4.78, 5) is 24.8. The van der Waals surface area contributed by atoms with E-state index in [1.54, 1.807) is 6.07 Å². The molecule has 1 fully saturated rings. The first-order valence-electron chi connectivity index (χ1n) is 8.65. The molecule has 4 atom stereocenters. The zero-order valence-electron chi connectivity index (χ0n) is 14.8. The van der Waals surface area contributed by atoms with Crippen molar-refractivity contribution in [1.82, 2.24) is 0 Å². The lowest BCUT2D eigenvalue weighted by Gasteiger charge is -2.43. The molecule has 6 heteroatoms. The van der Waals surface area contributed by atoms with E-state index in [2.05, 4.69) is 6.92 Å². The number of ether oxygens (including phenoxy) is 3. The number of phenolic OH excluding ortho intramolecular Hbond substituents is 1. The molecule has 0 saturated heterocycles. The molecule has 6 nitrogen and oxygen atoms in total. The van der Waals surface area contributed by atoms with Crippen molar-refractivity contribution >= 4 is 11.9 Å². The second-order valence-electron chi connectivity index (χ2n) is 6.84. The Morgan fingerprint density at radius 3 is 2.72 bits per heavy atom. The molecule has 0 bridgehead atoms. The van der Waals surface area contributed by atoms with Crippen molar-refractivity contribution in [3.63, 3.8) is 0 Å². The van der Waals surface area contributed by atoms with Crippen molar-refractivity contribution in [1.29, 1.82) is 0 Å². The molecule has 0 radical (unpaired) electrons. The van der Waals surface area contributed by atoms with Gasteiger partial charge in [-0.3, -0.25) is 4.79 Å². The van der Waals surface area contributed by atoms with Crippen LogP contribution in [0.25, 0.3) is 0 Å². The lowest BCUT2D eigenvalue weighted by molar-refractivity contribution is -0.171. The fourth-order valence-corrected chi connectivity index (χ4v) is 4.13. The zero-order chi connectivity index (χ0) is 18.2. The molecule has 1 N–H and O–H groups in total. The van der Waals surface area contributed by atoms with Crippen LogP contribution in [0.4, 0.5) is 0 Å². The second-order valence-corrected chi connectivity index (χ2v) is 6.84. The van der Waals surface area contributed by atoms with Gasteiger partial charge in [0, 0.05) is 17.9 Å². The van der Waals surface area contributed by atoms with Crippen LogP contribution < -0.4 is 4.74 Å². The zero-order valence-corrected chi connectivity index (χ0v) is 14.8. The summed E-state index contributed by atoms with van der Waals surface area (Å²) in [5.74, 6) is -0.964. The fourth-order valence-electron chi connectivity index (χ4n) is 4.13. The van der Waals surface area contributed by atoms with Gasteiger partial charge in [-0.2, -0.15) is 0 Å². The van der Waals surface area contributed by atoms with Crippen molar-refractivity contribution in [2.75, 3.05) is 14.2 Å². The number of phenols is 1. The van der Waals surface area contributed by atoms with E-state index >= 15 is 0 Å². The molecule has 0 amide bonds. The number of hydrogen-bond acceptors (Lipinski definition) is 6. The van der Waals surface area contributed by atoms with Crippen LogP contribution in [0.15, 0.2) is 18.2 Å². The van der Waals surface area contributed by atoms with Gasteiger partial charge >= 0.3 is 11.9 Å². The minimum atomic E-state index is -1.22. The minimum Gasteiger partial charge on any atom is -0.508 e. The number of hydrogen-bond donors (Lipinski definition) is 1. The first kappa shape index (κ1) is 17.6. The third kappa shape index (κ3) is 2.83. The number of benzene rings is 1. The van der Waals surface area contributed by atoms with Gasteiger partial charge in [0.05, 0.1) is 20.1 Å². The molecular formula is C19H24O6. The Balaban J connectivity index is 2.04. The predicted molar refractivity (Wildman–Crippen MR) is 89.2 cm³/mol. The summed E-state index contributed by atoms with van der Waals surface area (Å²) in [6, 6.07) is 4.95. The van der Waals surface area contributed by atoms with Crippen LogP contribution in [0.2, 0.25) is 0 Å². The number of carbonyl (C=O) groups is 2. The van der Waals surface area contributed by atoms with Crippen LogP contribution in [0.1, 0.15) is 31.7 Å². The molecule has 25 heavy (non-hydrogen) atoms. The largest absolute Gasteiger partial charge is 0.508 e. The number of fused-ring (bicyclic) bond motifs is 1. The Morgan fingerprint density at radius 2 is 2.08 bits per heavy atom. The number of carbonyl (C=O) groups excluding carboxylic acids is 2. The Morgan fingerprint density at radius 1 is 1.32 bits per heavy atom. The number of aromatic hydroxyl groups is 1. The molecule has 1 aromatic carbocycles. The molecule has 1 aliphatic carbocycles. The minimum absolute atomic E-state index is 0.0757. The summed E-state index contributed by atoms with van der Waals surface area (Å²) in [5, 5.41) is 9.79. The normalized spacial score (nSPS) is 30.0. The highest BCUT2D eigenvalue weighted by Gasteiger charge is 2.67. The highest BCUT2D eigenvalue weighted by molar-refractivity contribution is 5.85. The Bertz CT molecular complexity index is 684. The lowest BCUT2D eigenvalue weighted by Crippen LogP contribution is -2.57. The van der Waals surface area contributed by atoms with Crippen molar-refractivity contribution < 1.29 is 28.9 Å². The topological polar surface area (TPSA) is 82.1 Å². The summed E-state index contributed by atoms with van der Waals surface area (Å²) < 4.78 is 16.2. The Hall–Kier alpha value is -2.24. The molecule has 1 heterocycles. The van der Waals surface area contributed by atoms with Crippen LogP contribution in [0, 0.1) is 17.8 Å². The van der Waals surface area contributed by atoms with E-state index in [9.17, 15) is 14.7 Å². The van der Waals surface area contributed by atoms with E-state index in [1.165, 1.54) is 20.3 Å². The molecular weight excluding hydrogens is 324 g/mol. The number of esters is 2. The van der Waals surface area contributed by atoms with Gasteiger partial charge in [-0.15, -0.1) is 0 Å². The average Bonchev–Trinajstić information content (AvgIpc) is 3.41. The summed E-state index contributed by atoms with van der Waals surface area (Å²) in [5.41, 5.74) is -0.268. The molecule has 0 spiro atoms. The van der Waals surface area contributed by atoms with Gasteiger partial charge in [-0.1, -0.05) is 19.4 Å². The van der Waals surface area contributed by atoms with E-state index in [-0.39, 0.29) is 29.5 Å². The third-order valence-corrected chi connectivity index (χ3v) is 5.39. The third-order valence-electron chi connectivity index (χ3n) is 5.39. The van der Waals surface area contributed by atoms with Crippen molar-refractivity contribution in [3.05, 3.63) is 23.8 Å². The van der Waals surface area contributed by atoms with E-state index in [1.807, 2.05) is 6.07 Å². The summed E-state index contributed by atoms with van der Waals surface area (Å²) in [6.07, 6.45) is 2.84. The van der Waals surface area contributed by atoms with Crippen molar-refractivity contribution in [2.45, 2.75) is 38.2 Å². The fraction of sp³-hybridized carbons (Fsp3) is 0.579. The van der Waals surface area contributed by atoms with Crippen molar-refractivity contribution in [3.8, 4) is 11.5 Å². The Kier molecular flexibility index (Phi) is 4.62. The summed E-state index contributed by atoms with van der Waals surface area (Å²) in [6.45, 7) is 2.05. The van der Waals surface area contributed by atoms with Crippen LogP contribution >= 0.6 is 0 Å². The van der Waals surface area contributed by atoms with E-state index in [4.69, 9.17) is 14.2 Å². The van der Waals surface area contributed by atoms with Crippen LogP contribution in [0.3, 0.4) is 0 Å². The standard InChI is InChI=1S/C19H24O6/c1-4-5-12-8-11-6-7-13(20)9-16(11)25-19(12,18(22)24-3)15-10-14(15)17(21)23-2/h6-7,9,12,14-15,20H,4-5,8,10H2,1-3H3. The van der Waals surface area contributed by atoms with E-state index in [0.29, 0.717) is 18.6 Å². The molecule has 1 saturated carbocycles. The van der Waals surface area contributed by atoms with E-state index < -0.39 is 11.6 Å². The maximum atomic E-state index is 12.8. The monoisotopic (exact) mass is 348 g/mol. The molecule has 4 unspecified atom stereocenters. The van der Waals surface area contributed by atoms with Gasteiger partial charge < -0.3 is 19.3 Å². The van der Waals surface area contributed by atoms with Crippen LogP contribution in [-0.4, -0.2) is 36.9 Å². The van der Waals surface area contributed by atoms with Gasteiger partial charge in [0.25, 0.3) is 0 Å². The predicted octanol–water partition coefficient (Wildman–Crippen LogP) is 2.46. The average molecular weight is 348 g/mol. The van der Waals surface area contributed by atoms with E-state index in [0.717, 1.165) is 18.4 Å².